The van der Waals surface area contributed by atoms with Crippen LogP contribution in [0.25, 0.3) is 0 Å². The van der Waals surface area contributed by atoms with Crippen LogP contribution in [-0.4, -0.2) is 50.9 Å². The molecule has 1 atom stereocenters. The molecule has 0 aromatic heterocycles. The minimum Gasteiger partial charge on any atom is -0.445 e. The van der Waals surface area contributed by atoms with Gasteiger partial charge in [-0.3, -0.25) is 0 Å². The average molecular weight is 508 g/mol. The molecule has 0 radical (unpaired) electrons. The third kappa shape index (κ3) is 8.63. The van der Waals surface area contributed by atoms with Crippen molar-refractivity contribution in [2.45, 2.75) is 26.2 Å². The number of ether oxygens (including phenoxy) is 1. The van der Waals surface area contributed by atoms with E-state index in [1.165, 1.54) is 11.0 Å². The van der Waals surface area contributed by atoms with Crippen LogP contribution in [0.4, 0.5) is 51.0 Å². The van der Waals surface area contributed by atoms with E-state index < -0.39 is 58.9 Å². The molecule has 1 amide bonds. The van der Waals surface area contributed by atoms with Crippen LogP contribution < -0.4 is 9.80 Å². The van der Waals surface area contributed by atoms with Crippen molar-refractivity contribution in [2.24, 2.45) is 0 Å². The van der Waals surface area contributed by atoms with Gasteiger partial charge in [0, 0.05) is 24.0 Å². The summed E-state index contributed by atoms with van der Waals surface area (Å²) in [5, 5.41) is 0. The molecule has 1 fully saturated rings. The number of anilines is 2. The maximum atomic E-state index is 14.9. The Labute approximate surface area is 190 Å². The summed E-state index contributed by atoms with van der Waals surface area (Å²) in [6.07, 6.45) is 4.22. The van der Waals surface area contributed by atoms with E-state index in [0.29, 0.717) is 36.6 Å². The number of piperidine rings is 1. The third-order valence-corrected chi connectivity index (χ3v) is 6.23. The van der Waals surface area contributed by atoms with Crippen molar-refractivity contribution >= 4 is 35.6 Å². The van der Waals surface area contributed by atoms with E-state index in [9.17, 15) is 39.6 Å². The molecule has 4 nitrogen and oxygen atoms in total. The number of carbonyl (C=O) groups excluding carboxylic acids is 1. The maximum Gasteiger partial charge on any atom is 0.673 e. The predicted octanol–water partition coefficient (Wildman–Crippen LogP) is 5.89. The second kappa shape index (κ2) is 12.9. The highest BCUT2D eigenvalue weighted by molar-refractivity contribution is 7.96. The maximum absolute atomic E-state index is 14.9. The van der Waals surface area contributed by atoms with Gasteiger partial charge in [-0.05, 0) is 26.2 Å². The van der Waals surface area contributed by atoms with Gasteiger partial charge in [0.2, 0.25) is 0 Å². The lowest BCUT2D eigenvalue weighted by Gasteiger charge is -2.30. The van der Waals surface area contributed by atoms with Crippen LogP contribution in [0.5, 0.6) is 0 Å². The molecule has 1 aliphatic heterocycles. The highest BCUT2D eigenvalue weighted by Gasteiger charge is 2.36. The van der Waals surface area contributed by atoms with Crippen LogP contribution >= 0.6 is 0 Å². The summed E-state index contributed by atoms with van der Waals surface area (Å²) in [6.45, 7) is 5.66. The minimum absolute atomic E-state index is 0.123. The molecule has 1 aromatic rings. The van der Waals surface area contributed by atoms with Crippen molar-refractivity contribution in [1.29, 1.82) is 0 Å². The Hall–Kier alpha value is -2.12. The average Bonchev–Trinajstić information content (AvgIpc) is 2.75. The lowest BCUT2D eigenvalue weighted by molar-refractivity contribution is 0.166. The Balaban J connectivity index is 0.000000981. The molecule has 1 unspecified atom stereocenters. The molecule has 0 spiro atoms. The molecule has 1 saturated heterocycles. The number of hydrogen-bond acceptors (Lipinski definition) is 3. The Morgan fingerprint density at radius 1 is 1.06 bits per heavy atom. The fourth-order valence-electron chi connectivity index (χ4n) is 2.97. The normalized spacial score (nSPS) is 14.8. The molecular formula is C19H25BF8N2O2S. The van der Waals surface area contributed by atoms with Crippen LogP contribution in [0.1, 0.15) is 26.2 Å². The smallest absolute Gasteiger partial charge is 0.445 e. The second-order valence-electron chi connectivity index (χ2n) is 6.99. The first kappa shape index (κ1) is 28.9. The number of benzene rings is 1. The van der Waals surface area contributed by atoms with Gasteiger partial charge in [-0.25, -0.2) is 27.3 Å². The number of halogens is 8. The molecule has 188 valence electrons. The first-order valence-electron chi connectivity index (χ1n) is 9.95. The highest BCUT2D eigenvalue weighted by atomic mass is 32.2. The molecule has 1 aliphatic rings. The van der Waals surface area contributed by atoms with Crippen molar-refractivity contribution in [3.05, 3.63) is 35.9 Å². The second-order valence-corrected chi connectivity index (χ2v) is 9.39. The monoisotopic (exact) mass is 508 g/mol. The zero-order valence-electron chi connectivity index (χ0n) is 18.2. The van der Waals surface area contributed by atoms with Crippen molar-refractivity contribution in [3.8, 4) is 0 Å². The van der Waals surface area contributed by atoms with Gasteiger partial charge in [0.15, 0.2) is 29.1 Å². The number of carbonyl (C=O) groups is 1. The van der Waals surface area contributed by atoms with Crippen LogP contribution in [0.3, 0.4) is 0 Å². The fourth-order valence-corrected chi connectivity index (χ4v) is 3.83. The standard InChI is InChI=1S/C19H25F4N2O2S.BF4/c1-4-11-27-19(26)25(12-28(3)5-2)18-15(22)13(20)17(14(21)16(18)23)24-9-7-6-8-10-24;2-1(3,4)5/h4H,1,5-12H2,2-3H3;/q+1;-1. The molecule has 0 N–H and O–H groups in total. The van der Waals surface area contributed by atoms with E-state index in [4.69, 9.17) is 4.74 Å². The predicted molar refractivity (Wildman–Crippen MR) is 115 cm³/mol. The molecule has 33 heavy (non-hydrogen) atoms. The zero-order valence-corrected chi connectivity index (χ0v) is 19.0. The van der Waals surface area contributed by atoms with Crippen molar-refractivity contribution in [2.75, 3.05) is 47.4 Å². The third-order valence-electron chi connectivity index (χ3n) is 4.55. The molecule has 0 saturated carbocycles. The largest absolute Gasteiger partial charge is 0.673 e. The van der Waals surface area contributed by atoms with Crippen LogP contribution in [-0.2, 0) is 15.6 Å². The van der Waals surface area contributed by atoms with E-state index >= 15 is 0 Å². The van der Waals surface area contributed by atoms with Gasteiger partial charge < -0.3 is 26.9 Å². The number of rotatable bonds is 7. The number of hydrogen-bond donors (Lipinski definition) is 0. The number of amides is 1. The Morgan fingerprint density at radius 3 is 1.97 bits per heavy atom. The summed E-state index contributed by atoms with van der Waals surface area (Å²) in [7, 11) is -6.46. The van der Waals surface area contributed by atoms with Gasteiger partial charge >= 0.3 is 13.3 Å². The first-order valence-corrected chi connectivity index (χ1v) is 11.9. The molecular weight excluding hydrogens is 483 g/mol. The van der Waals surface area contributed by atoms with E-state index in [2.05, 4.69) is 6.58 Å². The summed E-state index contributed by atoms with van der Waals surface area (Å²) < 4.78 is 103. The van der Waals surface area contributed by atoms with Crippen LogP contribution in [0, 0.1) is 23.3 Å². The minimum atomic E-state index is -6.00. The summed E-state index contributed by atoms with van der Waals surface area (Å²) >= 11 is 0. The van der Waals surface area contributed by atoms with Crippen LogP contribution in [0.15, 0.2) is 12.7 Å². The van der Waals surface area contributed by atoms with Gasteiger partial charge in [0.1, 0.15) is 23.7 Å². The quantitative estimate of drug-likeness (QED) is 0.152. The van der Waals surface area contributed by atoms with Crippen molar-refractivity contribution in [3.63, 3.8) is 0 Å². The van der Waals surface area contributed by atoms with Gasteiger partial charge in [-0.2, -0.15) is 0 Å². The highest BCUT2D eigenvalue weighted by Crippen LogP contribution is 2.37. The first-order chi connectivity index (χ1) is 15.3. The summed E-state index contributed by atoms with van der Waals surface area (Å²) in [6, 6.07) is 0. The molecule has 0 bridgehead atoms. The fraction of sp³-hybridized carbons (Fsp3) is 0.526. The van der Waals surface area contributed by atoms with Gasteiger partial charge in [0.25, 0.3) is 0 Å². The van der Waals surface area contributed by atoms with Gasteiger partial charge in [-0.15, -0.1) is 0 Å². The topological polar surface area (TPSA) is 32.8 Å². The number of nitrogens with zero attached hydrogens (tertiary/aromatic N) is 2. The summed E-state index contributed by atoms with van der Waals surface area (Å²) in [4.78, 5) is 14.3. The lowest BCUT2D eigenvalue weighted by Crippen LogP contribution is -2.39. The van der Waals surface area contributed by atoms with Crippen molar-refractivity contribution in [1.82, 2.24) is 0 Å². The zero-order chi connectivity index (χ0) is 25.3. The Bertz CT molecular complexity index is 787. The molecule has 1 heterocycles. The molecule has 14 heteroatoms. The molecule has 2 rings (SSSR count). The molecule has 0 aliphatic carbocycles. The Kier molecular flexibility index (Phi) is 11.3. The van der Waals surface area contributed by atoms with E-state index in [1.807, 2.05) is 6.92 Å². The van der Waals surface area contributed by atoms with Crippen molar-refractivity contribution < 1.29 is 44.4 Å². The van der Waals surface area contributed by atoms with E-state index in [1.54, 1.807) is 6.26 Å². The summed E-state index contributed by atoms with van der Waals surface area (Å²) in [5.41, 5.74) is -1.78. The summed E-state index contributed by atoms with van der Waals surface area (Å²) in [5.74, 6) is -5.69. The lowest BCUT2D eigenvalue weighted by atomic mass is 10.1. The van der Waals surface area contributed by atoms with E-state index in [0.717, 1.165) is 6.42 Å². The molecule has 1 aromatic carbocycles. The SMILES string of the molecule is C=CCOC(=O)N(C[S+](C)CC)c1c(F)c(F)c(N2CCCCC2)c(F)c1F.F[B-](F)(F)F. The van der Waals surface area contributed by atoms with Gasteiger partial charge in [0.05, 0.1) is 6.26 Å². The Morgan fingerprint density at radius 2 is 1.55 bits per heavy atom. The van der Waals surface area contributed by atoms with E-state index in [-0.39, 0.29) is 12.5 Å². The van der Waals surface area contributed by atoms with Crippen LogP contribution in [0.2, 0.25) is 0 Å². The van der Waals surface area contributed by atoms with Gasteiger partial charge in [-0.1, -0.05) is 12.7 Å².